The second kappa shape index (κ2) is 4.43. The molecule has 1 aromatic carbocycles. The third-order valence-corrected chi connectivity index (χ3v) is 1.48. The van der Waals surface area contributed by atoms with Gasteiger partial charge in [-0.25, -0.2) is 0 Å². The summed E-state index contributed by atoms with van der Waals surface area (Å²) in [6.45, 7) is 0. The van der Waals surface area contributed by atoms with Crippen LogP contribution < -0.4 is 4.65 Å². The van der Waals surface area contributed by atoms with Gasteiger partial charge in [0, 0.05) is 0 Å². The SMILES string of the molecule is IB(I)Oc1ccccc1. The van der Waals surface area contributed by atoms with E-state index in [1.165, 1.54) is 0 Å². The standard InChI is InChI=1S/C6H5BI2O/c8-7(9)10-6-4-2-1-3-5-6/h1-5H. The van der Waals surface area contributed by atoms with Crippen molar-refractivity contribution < 1.29 is 4.65 Å². The molecule has 1 nitrogen and oxygen atoms in total. The van der Waals surface area contributed by atoms with Crippen LogP contribution >= 0.6 is 44.7 Å². The lowest BCUT2D eigenvalue weighted by Crippen LogP contribution is -2.02. The number of hydrogen-bond acceptors (Lipinski definition) is 1. The smallest absolute Gasteiger partial charge is 0.501 e. The van der Waals surface area contributed by atoms with Gasteiger partial charge in [0.1, 0.15) is 0 Å². The molecule has 1 aromatic rings. The predicted molar refractivity (Wildman–Crippen MR) is 60.9 cm³/mol. The number of para-hydroxylation sites is 1. The van der Waals surface area contributed by atoms with E-state index in [2.05, 4.69) is 44.7 Å². The second-order valence-electron chi connectivity index (χ2n) is 1.69. The zero-order chi connectivity index (χ0) is 7.40. The minimum Gasteiger partial charge on any atom is -0.543 e. The third-order valence-electron chi connectivity index (χ3n) is 0.968. The first-order valence-electron chi connectivity index (χ1n) is 2.79. The molecule has 10 heavy (non-hydrogen) atoms. The predicted octanol–water partition coefficient (Wildman–Crippen LogP) is 2.92. The molecule has 0 aliphatic carbocycles. The summed E-state index contributed by atoms with van der Waals surface area (Å²) in [5, 5.41) is 0. The van der Waals surface area contributed by atoms with E-state index in [9.17, 15) is 0 Å². The number of benzene rings is 1. The molecule has 0 N–H and O–H groups in total. The van der Waals surface area contributed by atoms with Crippen LogP contribution in [0.25, 0.3) is 0 Å². The lowest BCUT2D eigenvalue weighted by Gasteiger charge is -2.02. The molecule has 0 saturated carbocycles. The maximum Gasteiger partial charge on any atom is 0.501 e. The maximum atomic E-state index is 5.39. The van der Waals surface area contributed by atoms with Crippen molar-refractivity contribution in [1.82, 2.24) is 0 Å². The summed E-state index contributed by atoms with van der Waals surface area (Å²) >= 11 is 4.42. The van der Waals surface area contributed by atoms with E-state index < -0.39 is 0 Å². The zero-order valence-corrected chi connectivity index (χ0v) is 9.44. The Balaban J connectivity index is 2.59. The molecule has 0 fully saturated rings. The van der Waals surface area contributed by atoms with Gasteiger partial charge in [0.15, 0.2) is 0 Å². The van der Waals surface area contributed by atoms with E-state index in [0.717, 1.165) is 5.75 Å². The second-order valence-corrected chi connectivity index (χ2v) is 6.34. The summed E-state index contributed by atoms with van der Waals surface area (Å²) in [4.78, 5) is 0. The molecular weight excluding hydrogens is 353 g/mol. The molecule has 52 valence electrons. The van der Waals surface area contributed by atoms with E-state index >= 15 is 0 Å². The van der Waals surface area contributed by atoms with Crippen molar-refractivity contribution >= 4 is 47.4 Å². The highest BCUT2D eigenvalue weighted by molar-refractivity contribution is 14.3. The van der Waals surface area contributed by atoms with E-state index in [-0.39, 0.29) is 2.63 Å². The fraction of sp³-hybridized carbons (Fsp3) is 0. The van der Waals surface area contributed by atoms with E-state index in [1.807, 2.05) is 30.3 Å². The molecule has 0 amide bonds. The van der Waals surface area contributed by atoms with Crippen LogP contribution in [0.4, 0.5) is 0 Å². The maximum absolute atomic E-state index is 5.39. The van der Waals surface area contributed by atoms with Crippen molar-refractivity contribution in [2.24, 2.45) is 0 Å². The number of rotatable bonds is 2. The van der Waals surface area contributed by atoms with E-state index in [0.29, 0.717) is 0 Å². The summed E-state index contributed by atoms with van der Waals surface area (Å²) in [6, 6.07) is 9.80. The van der Waals surface area contributed by atoms with Gasteiger partial charge >= 0.3 is 2.63 Å². The first-order chi connectivity index (χ1) is 4.79. The highest BCUT2D eigenvalue weighted by Crippen LogP contribution is 2.14. The minimum absolute atomic E-state index is 0.206. The van der Waals surface area contributed by atoms with Gasteiger partial charge < -0.3 is 4.65 Å². The molecule has 0 unspecified atom stereocenters. The van der Waals surface area contributed by atoms with Gasteiger partial charge in [0.2, 0.25) is 0 Å². The van der Waals surface area contributed by atoms with Crippen LogP contribution in [0, 0.1) is 0 Å². The largest absolute Gasteiger partial charge is 0.543 e. The van der Waals surface area contributed by atoms with Crippen LogP contribution in [0.5, 0.6) is 5.75 Å². The molecule has 0 radical (unpaired) electrons. The Morgan fingerprint density at radius 3 is 2.20 bits per heavy atom. The quantitative estimate of drug-likeness (QED) is 0.584. The molecule has 4 heteroatoms. The Kier molecular flexibility index (Phi) is 3.83. The summed E-state index contributed by atoms with van der Waals surface area (Å²) in [5.74, 6) is 0.927. The molecule has 0 atom stereocenters. The fourth-order valence-electron chi connectivity index (χ4n) is 0.602. The molecule has 0 aromatic heterocycles. The van der Waals surface area contributed by atoms with Crippen LogP contribution in [0.15, 0.2) is 30.3 Å². The molecule has 0 bridgehead atoms. The highest BCUT2D eigenvalue weighted by Gasteiger charge is 2.04. The van der Waals surface area contributed by atoms with Crippen LogP contribution in [-0.2, 0) is 0 Å². The molecule has 0 aliphatic heterocycles. The average Bonchev–Trinajstić information content (AvgIpc) is 1.88. The molecule has 0 heterocycles. The average molecular weight is 358 g/mol. The Labute approximate surface area is 87.4 Å². The number of halogens is 2. The Hall–Kier alpha value is 0.545. The van der Waals surface area contributed by atoms with Gasteiger partial charge in [-0.15, -0.1) is 0 Å². The molecule has 0 aliphatic rings. The first-order valence-corrected chi connectivity index (χ1v) is 5.28. The first kappa shape index (κ1) is 8.64. The minimum atomic E-state index is 0.206. The van der Waals surface area contributed by atoms with Gasteiger partial charge in [0.25, 0.3) is 0 Å². The summed E-state index contributed by atoms with van der Waals surface area (Å²) in [6.07, 6.45) is 0. The zero-order valence-electron chi connectivity index (χ0n) is 5.13. The third kappa shape index (κ3) is 3.09. The van der Waals surface area contributed by atoms with Crippen molar-refractivity contribution in [3.8, 4) is 5.75 Å². The summed E-state index contributed by atoms with van der Waals surface area (Å²) < 4.78 is 5.59. The van der Waals surface area contributed by atoms with Crippen LogP contribution in [0.2, 0.25) is 0 Å². The van der Waals surface area contributed by atoms with Crippen LogP contribution in [-0.4, -0.2) is 2.63 Å². The summed E-state index contributed by atoms with van der Waals surface area (Å²) in [7, 11) is 0. The van der Waals surface area contributed by atoms with Crippen molar-refractivity contribution in [2.45, 2.75) is 0 Å². The Morgan fingerprint density at radius 1 is 1.10 bits per heavy atom. The lowest BCUT2D eigenvalue weighted by molar-refractivity contribution is 0.611. The molecular formula is C6H5BI2O. The monoisotopic (exact) mass is 358 g/mol. The fourth-order valence-corrected chi connectivity index (χ4v) is 1.19. The Morgan fingerprint density at radius 2 is 1.70 bits per heavy atom. The molecule has 1 rings (SSSR count). The summed E-state index contributed by atoms with van der Waals surface area (Å²) in [5.41, 5.74) is 0. The lowest BCUT2D eigenvalue weighted by atomic mass is 10.3. The van der Waals surface area contributed by atoms with E-state index in [1.54, 1.807) is 0 Å². The Bertz CT molecular complexity index is 190. The van der Waals surface area contributed by atoms with Crippen LogP contribution in [0.1, 0.15) is 0 Å². The van der Waals surface area contributed by atoms with Gasteiger partial charge in [-0.3, -0.25) is 0 Å². The van der Waals surface area contributed by atoms with Gasteiger partial charge in [-0.1, -0.05) is 62.9 Å². The van der Waals surface area contributed by atoms with Crippen molar-refractivity contribution in [3.05, 3.63) is 30.3 Å². The molecule has 0 spiro atoms. The van der Waals surface area contributed by atoms with Gasteiger partial charge in [-0.05, 0) is 12.1 Å². The van der Waals surface area contributed by atoms with Crippen LogP contribution in [0.3, 0.4) is 0 Å². The van der Waals surface area contributed by atoms with E-state index in [4.69, 9.17) is 4.65 Å². The van der Waals surface area contributed by atoms with Crippen molar-refractivity contribution in [2.75, 3.05) is 0 Å². The van der Waals surface area contributed by atoms with Crippen molar-refractivity contribution in [1.29, 1.82) is 0 Å². The normalized spacial score (nSPS) is 9.00. The van der Waals surface area contributed by atoms with Crippen molar-refractivity contribution in [3.63, 3.8) is 0 Å². The van der Waals surface area contributed by atoms with Gasteiger partial charge in [0.05, 0.1) is 5.75 Å². The van der Waals surface area contributed by atoms with Gasteiger partial charge in [-0.2, -0.15) is 0 Å². The highest BCUT2D eigenvalue weighted by atomic mass is 127. The topological polar surface area (TPSA) is 9.23 Å². The molecule has 0 saturated heterocycles. The number of hydrogen-bond donors (Lipinski definition) is 0.